The number of carbonyl (C=O) groups excluding carboxylic acids is 1. The molecule has 0 unspecified atom stereocenters. The Morgan fingerprint density at radius 1 is 1.30 bits per heavy atom. The quantitative estimate of drug-likeness (QED) is 0.896. The zero-order chi connectivity index (χ0) is 14.5. The molecule has 0 atom stereocenters. The molecule has 0 saturated carbocycles. The van der Waals surface area contributed by atoms with Crippen molar-refractivity contribution in [2.24, 2.45) is 0 Å². The summed E-state index contributed by atoms with van der Waals surface area (Å²) in [5, 5.41) is 9.00. The molecule has 1 aromatic heterocycles. The highest BCUT2D eigenvalue weighted by Gasteiger charge is 2.23. The predicted octanol–water partition coefficient (Wildman–Crippen LogP) is 0.967. The molecule has 0 bridgehead atoms. The number of carbonyl (C=O) groups is 2. The first kappa shape index (κ1) is 14.7. The fraction of sp³-hybridized carbons (Fsp3) is 0.462. The average molecular weight is 298 g/mol. The number of aromatic nitrogens is 1. The van der Waals surface area contributed by atoms with Crippen LogP contribution in [0.25, 0.3) is 0 Å². The molecule has 1 aromatic rings. The van der Waals surface area contributed by atoms with Gasteiger partial charge in [0.1, 0.15) is 0 Å². The van der Waals surface area contributed by atoms with E-state index in [1.165, 1.54) is 6.20 Å². The molecule has 0 radical (unpaired) electrons. The summed E-state index contributed by atoms with van der Waals surface area (Å²) in [6.45, 7) is 3.05. The van der Waals surface area contributed by atoms with Gasteiger partial charge in [-0.1, -0.05) is 11.6 Å². The molecule has 0 aromatic carbocycles. The van der Waals surface area contributed by atoms with E-state index in [0.717, 1.165) is 0 Å². The zero-order valence-corrected chi connectivity index (χ0v) is 11.7. The minimum Gasteiger partial charge on any atom is -0.481 e. The van der Waals surface area contributed by atoms with Crippen LogP contribution < -0.4 is 0 Å². The Kier molecular flexibility index (Phi) is 4.92. The fourth-order valence-corrected chi connectivity index (χ4v) is 2.35. The number of halogens is 1. The number of rotatable bonds is 4. The van der Waals surface area contributed by atoms with Crippen LogP contribution in [-0.4, -0.2) is 64.5 Å². The Hall–Kier alpha value is -1.66. The van der Waals surface area contributed by atoms with Gasteiger partial charge in [0.15, 0.2) is 0 Å². The maximum atomic E-state index is 12.3. The van der Waals surface area contributed by atoms with Gasteiger partial charge in [0.2, 0.25) is 0 Å². The Morgan fingerprint density at radius 2 is 2.00 bits per heavy atom. The van der Waals surface area contributed by atoms with E-state index in [2.05, 4.69) is 4.98 Å². The first-order valence-electron chi connectivity index (χ1n) is 6.41. The van der Waals surface area contributed by atoms with Crippen molar-refractivity contribution >= 4 is 23.5 Å². The Bertz CT molecular complexity index is 501. The molecule has 2 rings (SSSR count). The number of carboxylic acid groups (broad SMARTS) is 1. The van der Waals surface area contributed by atoms with Gasteiger partial charge in [-0.15, -0.1) is 0 Å². The van der Waals surface area contributed by atoms with Crippen LogP contribution in [0.1, 0.15) is 16.8 Å². The van der Waals surface area contributed by atoms with Crippen molar-refractivity contribution in [1.82, 2.24) is 14.8 Å². The third kappa shape index (κ3) is 3.68. The normalized spacial score (nSPS) is 16.1. The number of hydrogen-bond donors (Lipinski definition) is 1. The fourth-order valence-electron chi connectivity index (χ4n) is 2.15. The molecule has 1 amide bonds. The summed E-state index contributed by atoms with van der Waals surface area (Å²) in [4.78, 5) is 30.5. The molecule has 1 saturated heterocycles. The van der Waals surface area contributed by atoms with Crippen LogP contribution in [0.4, 0.5) is 0 Å². The van der Waals surface area contributed by atoms with Gasteiger partial charge in [-0.2, -0.15) is 0 Å². The van der Waals surface area contributed by atoms with Gasteiger partial charge >= 0.3 is 5.97 Å². The van der Waals surface area contributed by atoms with Crippen LogP contribution in [0.2, 0.25) is 5.02 Å². The molecule has 1 N–H and O–H groups in total. The van der Waals surface area contributed by atoms with E-state index >= 15 is 0 Å². The van der Waals surface area contributed by atoms with Crippen molar-refractivity contribution in [2.75, 3.05) is 32.7 Å². The van der Waals surface area contributed by atoms with Crippen LogP contribution in [0.3, 0.4) is 0 Å². The molecule has 6 nitrogen and oxygen atoms in total. The van der Waals surface area contributed by atoms with E-state index in [-0.39, 0.29) is 12.3 Å². The van der Waals surface area contributed by atoms with Gasteiger partial charge in [-0.05, 0) is 6.07 Å². The highest BCUT2D eigenvalue weighted by molar-refractivity contribution is 6.33. The largest absolute Gasteiger partial charge is 0.481 e. The number of carboxylic acids is 1. The van der Waals surface area contributed by atoms with E-state index in [9.17, 15) is 9.59 Å². The van der Waals surface area contributed by atoms with Crippen LogP contribution in [0.15, 0.2) is 18.5 Å². The lowest BCUT2D eigenvalue weighted by Crippen LogP contribution is -2.49. The number of nitrogens with zero attached hydrogens (tertiary/aromatic N) is 3. The maximum Gasteiger partial charge on any atom is 0.304 e. The second-order valence-electron chi connectivity index (χ2n) is 4.63. The van der Waals surface area contributed by atoms with Crippen LogP contribution in [-0.2, 0) is 4.79 Å². The number of aliphatic carboxylic acids is 1. The third-order valence-electron chi connectivity index (χ3n) is 3.30. The lowest BCUT2D eigenvalue weighted by molar-refractivity contribution is -0.137. The van der Waals surface area contributed by atoms with Crippen LogP contribution in [0.5, 0.6) is 0 Å². The average Bonchev–Trinajstić information content (AvgIpc) is 2.45. The van der Waals surface area contributed by atoms with Crippen LogP contribution in [0, 0.1) is 0 Å². The number of piperazine rings is 1. The van der Waals surface area contributed by atoms with E-state index in [1.807, 2.05) is 4.90 Å². The first-order chi connectivity index (χ1) is 9.58. The molecular formula is C13H16ClN3O3. The summed E-state index contributed by atoms with van der Waals surface area (Å²) in [6.07, 6.45) is 3.13. The van der Waals surface area contributed by atoms with Gasteiger partial charge < -0.3 is 10.0 Å². The molecule has 20 heavy (non-hydrogen) atoms. The smallest absolute Gasteiger partial charge is 0.304 e. The second kappa shape index (κ2) is 6.67. The molecule has 7 heteroatoms. The summed E-state index contributed by atoms with van der Waals surface area (Å²) >= 11 is 5.97. The second-order valence-corrected chi connectivity index (χ2v) is 5.04. The van der Waals surface area contributed by atoms with Crippen molar-refractivity contribution in [3.8, 4) is 0 Å². The number of hydrogen-bond acceptors (Lipinski definition) is 4. The zero-order valence-electron chi connectivity index (χ0n) is 11.0. The van der Waals surface area contributed by atoms with Crippen molar-refractivity contribution in [3.05, 3.63) is 29.0 Å². The lowest BCUT2D eigenvalue weighted by atomic mass is 10.2. The molecule has 1 fully saturated rings. The highest BCUT2D eigenvalue weighted by atomic mass is 35.5. The third-order valence-corrected chi connectivity index (χ3v) is 3.61. The standard InChI is InChI=1S/C13H16ClN3O3/c14-11-9-15-3-1-10(11)13(20)17-7-5-16(6-8-17)4-2-12(18)19/h1,3,9H,2,4-8H2,(H,18,19). The summed E-state index contributed by atoms with van der Waals surface area (Å²) in [6, 6.07) is 1.61. The monoisotopic (exact) mass is 297 g/mol. The van der Waals surface area contributed by atoms with Gasteiger partial charge in [0.25, 0.3) is 5.91 Å². The van der Waals surface area contributed by atoms with E-state index in [1.54, 1.807) is 17.2 Å². The summed E-state index contributed by atoms with van der Waals surface area (Å²) in [7, 11) is 0. The maximum absolute atomic E-state index is 12.3. The lowest BCUT2D eigenvalue weighted by Gasteiger charge is -2.34. The topological polar surface area (TPSA) is 73.7 Å². The summed E-state index contributed by atoms with van der Waals surface area (Å²) in [5.41, 5.74) is 0.459. The highest BCUT2D eigenvalue weighted by Crippen LogP contribution is 2.16. The van der Waals surface area contributed by atoms with Crippen LogP contribution >= 0.6 is 11.6 Å². The Morgan fingerprint density at radius 3 is 2.60 bits per heavy atom. The Labute approximate surface area is 122 Å². The van der Waals surface area contributed by atoms with Gasteiger partial charge in [-0.25, -0.2) is 0 Å². The molecule has 108 valence electrons. The minimum absolute atomic E-state index is 0.102. The molecule has 1 aliphatic rings. The molecule has 2 heterocycles. The molecule has 0 aliphatic carbocycles. The first-order valence-corrected chi connectivity index (χ1v) is 6.78. The molecule has 1 aliphatic heterocycles. The van der Waals surface area contributed by atoms with E-state index < -0.39 is 5.97 Å². The van der Waals surface area contributed by atoms with E-state index in [0.29, 0.717) is 43.3 Å². The minimum atomic E-state index is -0.799. The molecule has 0 spiro atoms. The van der Waals surface area contributed by atoms with Gasteiger partial charge in [0.05, 0.1) is 17.0 Å². The SMILES string of the molecule is O=C(O)CCN1CCN(C(=O)c2ccncc2Cl)CC1. The summed E-state index contributed by atoms with van der Waals surface area (Å²) in [5.74, 6) is -0.901. The predicted molar refractivity (Wildman–Crippen MR) is 73.8 cm³/mol. The summed E-state index contributed by atoms with van der Waals surface area (Å²) < 4.78 is 0. The van der Waals surface area contributed by atoms with Crippen molar-refractivity contribution in [3.63, 3.8) is 0 Å². The van der Waals surface area contributed by atoms with Gasteiger partial charge in [0, 0.05) is 45.1 Å². The molecular weight excluding hydrogens is 282 g/mol. The van der Waals surface area contributed by atoms with E-state index in [4.69, 9.17) is 16.7 Å². The van der Waals surface area contributed by atoms with Gasteiger partial charge in [-0.3, -0.25) is 19.5 Å². The number of pyridine rings is 1. The van der Waals surface area contributed by atoms with Crippen molar-refractivity contribution in [1.29, 1.82) is 0 Å². The van der Waals surface area contributed by atoms with Crippen molar-refractivity contribution in [2.45, 2.75) is 6.42 Å². The van der Waals surface area contributed by atoms with Crippen molar-refractivity contribution < 1.29 is 14.7 Å². The number of amides is 1. The Balaban J connectivity index is 1.89.